The zero-order chi connectivity index (χ0) is 16.3. The van der Waals surface area contributed by atoms with Gasteiger partial charge in [-0.05, 0) is 47.0 Å². The Balaban J connectivity index is 2.68. The van der Waals surface area contributed by atoms with E-state index in [-0.39, 0.29) is 18.0 Å². The molecule has 0 aromatic heterocycles. The first kappa shape index (κ1) is 18.4. The van der Waals surface area contributed by atoms with Crippen LogP contribution in [0.15, 0.2) is 21.5 Å². The quantitative estimate of drug-likeness (QED) is 0.457. The smallest absolute Gasteiger partial charge is 0.240 e. The molecule has 0 aliphatic carbocycles. The fourth-order valence-electron chi connectivity index (χ4n) is 1.59. The number of nitrogen functional groups attached to an aromatic ring is 1. The minimum absolute atomic E-state index is 0.110. The number of sulfonamides is 2. The van der Waals surface area contributed by atoms with E-state index < -0.39 is 20.0 Å². The van der Waals surface area contributed by atoms with Crippen LogP contribution in [0.5, 0.6) is 0 Å². The van der Waals surface area contributed by atoms with Crippen molar-refractivity contribution in [2.75, 3.05) is 25.1 Å². The minimum Gasteiger partial charge on any atom is -0.398 e. The van der Waals surface area contributed by atoms with Crippen LogP contribution < -0.4 is 15.2 Å². The van der Waals surface area contributed by atoms with Crippen LogP contribution in [0, 0.1) is 6.92 Å². The van der Waals surface area contributed by atoms with E-state index in [0.29, 0.717) is 22.1 Å². The third-order valence-corrected chi connectivity index (χ3v) is 5.61. The molecule has 10 heteroatoms. The van der Waals surface area contributed by atoms with Gasteiger partial charge in [0.1, 0.15) is 0 Å². The summed E-state index contributed by atoms with van der Waals surface area (Å²) in [6.45, 7) is 1.97. The molecule has 0 atom stereocenters. The van der Waals surface area contributed by atoms with Gasteiger partial charge in [-0.25, -0.2) is 26.3 Å². The standard InChI is InChI=1S/C11H18BrN3O4S2/c1-8-6-9(12)10(13)7-11(8)21(18,19)15-5-3-4-14-20(2,16)17/h6-7,14-15H,3-5,13H2,1-2H3. The highest BCUT2D eigenvalue weighted by Gasteiger charge is 2.17. The van der Waals surface area contributed by atoms with Gasteiger partial charge in [0, 0.05) is 23.2 Å². The summed E-state index contributed by atoms with van der Waals surface area (Å²) in [4.78, 5) is 0.110. The molecule has 1 aromatic carbocycles. The zero-order valence-electron chi connectivity index (χ0n) is 11.7. The number of nitrogens with one attached hydrogen (secondary N) is 2. The van der Waals surface area contributed by atoms with Gasteiger partial charge in [-0.2, -0.15) is 0 Å². The van der Waals surface area contributed by atoms with Gasteiger partial charge in [0.15, 0.2) is 0 Å². The van der Waals surface area contributed by atoms with Gasteiger partial charge < -0.3 is 5.73 Å². The number of hydrogen-bond acceptors (Lipinski definition) is 5. The number of halogens is 1. The van der Waals surface area contributed by atoms with Crippen molar-refractivity contribution in [3.8, 4) is 0 Å². The summed E-state index contributed by atoms with van der Waals surface area (Å²) >= 11 is 3.23. The maximum absolute atomic E-state index is 12.2. The molecule has 0 heterocycles. The molecule has 0 aliphatic heterocycles. The molecule has 0 radical (unpaired) electrons. The average Bonchev–Trinajstić information content (AvgIpc) is 2.31. The summed E-state index contributed by atoms with van der Waals surface area (Å²) in [5.74, 6) is 0. The number of aryl methyl sites for hydroxylation is 1. The molecule has 0 saturated carbocycles. The Hall–Kier alpha value is -0.680. The molecule has 0 saturated heterocycles. The van der Waals surface area contributed by atoms with Gasteiger partial charge in [-0.3, -0.25) is 0 Å². The maximum atomic E-state index is 12.2. The molecular weight excluding hydrogens is 382 g/mol. The van der Waals surface area contributed by atoms with E-state index >= 15 is 0 Å². The van der Waals surface area contributed by atoms with Gasteiger partial charge in [-0.1, -0.05) is 0 Å². The number of anilines is 1. The Morgan fingerprint density at radius 3 is 2.29 bits per heavy atom. The molecule has 1 aromatic rings. The number of benzene rings is 1. The van der Waals surface area contributed by atoms with Crippen molar-refractivity contribution in [2.45, 2.75) is 18.2 Å². The second-order valence-corrected chi connectivity index (χ2v) is 8.98. The van der Waals surface area contributed by atoms with Gasteiger partial charge in [0.05, 0.1) is 11.2 Å². The summed E-state index contributed by atoms with van der Waals surface area (Å²) in [7, 11) is -6.93. The van der Waals surface area contributed by atoms with Crippen LogP contribution in [0.1, 0.15) is 12.0 Å². The lowest BCUT2D eigenvalue weighted by atomic mass is 10.2. The topological polar surface area (TPSA) is 118 Å². The largest absolute Gasteiger partial charge is 0.398 e. The molecule has 7 nitrogen and oxygen atoms in total. The lowest BCUT2D eigenvalue weighted by Crippen LogP contribution is -2.29. The summed E-state index contributed by atoms with van der Waals surface area (Å²) in [6, 6.07) is 3.02. The zero-order valence-corrected chi connectivity index (χ0v) is 14.9. The molecule has 21 heavy (non-hydrogen) atoms. The van der Waals surface area contributed by atoms with Crippen molar-refractivity contribution >= 4 is 41.7 Å². The van der Waals surface area contributed by atoms with Gasteiger partial charge >= 0.3 is 0 Å². The van der Waals surface area contributed by atoms with Crippen LogP contribution in [0.2, 0.25) is 0 Å². The number of nitrogens with two attached hydrogens (primary N) is 1. The maximum Gasteiger partial charge on any atom is 0.240 e. The molecule has 0 fully saturated rings. The van der Waals surface area contributed by atoms with Crippen molar-refractivity contribution in [3.05, 3.63) is 22.2 Å². The summed E-state index contributed by atoms with van der Waals surface area (Å²) in [5, 5.41) is 0. The predicted molar refractivity (Wildman–Crippen MR) is 85.9 cm³/mol. The van der Waals surface area contributed by atoms with Crippen LogP contribution in [-0.2, 0) is 20.0 Å². The lowest BCUT2D eigenvalue weighted by molar-refractivity contribution is 0.574. The first-order valence-corrected chi connectivity index (χ1v) is 10.2. The molecule has 120 valence electrons. The monoisotopic (exact) mass is 399 g/mol. The van der Waals surface area contributed by atoms with E-state index in [0.717, 1.165) is 6.26 Å². The second-order valence-electron chi connectivity index (χ2n) is 4.56. The van der Waals surface area contributed by atoms with Gasteiger partial charge in [0.25, 0.3) is 0 Å². The normalized spacial score (nSPS) is 12.5. The molecule has 4 N–H and O–H groups in total. The minimum atomic E-state index is -3.67. The third kappa shape index (κ3) is 5.91. The van der Waals surface area contributed by atoms with Crippen LogP contribution in [0.25, 0.3) is 0 Å². The van der Waals surface area contributed by atoms with E-state index in [1.54, 1.807) is 13.0 Å². The van der Waals surface area contributed by atoms with Crippen molar-refractivity contribution in [2.24, 2.45) is 0 Å². The molecular formula is C11H18BrN3O4S2. The lowest BCUT2D eigenvalue weighted by Gasteiger charge is -2.11. The molecule has 0 unspecified atom stereocenters. The third-order valence-electron chi connectivity index (χ3n) is 2.59. The predicted octanol–water partition coefficient (Wildman–Crippen LogP) is 0.557. The SMILES string of the molecule is Cc1cc(Br)c(N)cc1S(=O)(=O)NCCCNS(C)(=O)=O. The first-order valence-electron chi connectivity index (χ1n) is 6.03. The molecule has 0 spiro atoms. The molecule has 1 rings (SSSR count). The Morgan fingerprint density at radius 2 is 1.71 bits per heavy atom. The number of hydrogen-bond donors (Lipinski definition) is 3. The second kappa shape index (κ2) is 7.05. The highest BCUT2D eigenvalue weighted by molar-refractivity contribution is 9.10. The van der Waals surface area contributed by atoms with Crippen molar-refractivity contribution in [1.29, 1.82) is 0 Å². The first-order chi connectivity index (χ1) is 9.53. The van der Waals surface area contributed by atoms with Crippen LogP contribution >= 0.6 is 15.9 Å². The summed E-state index contributed by atoms with van der Waals surface area (Å²) < 4.78 is 51.4. The molecule has 0 bridgehead atoms. The van der Waals surface area contributed by atoms with Crippen LogP contribution in [0.4, 0.5) is 5.69 Å². The summed E-state index contributed by atoms with van der Waals surface area (Å²) in [6.07, 6.45) is 1.39. The van der Waals surface area contributed by atoms with Crippen LogP contribution in [0.3, 0.4) is 0 Å². The van der Waals surface area contributed by atoms with Crippen molar-refractivity contribution in [3.63, 3.8) is 0 Å². The number of rotatable bonds is 7. The summed E-state index contributed by atoms with van der Waals surface area (Å²) in [5.41, 5.74) is 6.60. The van der Waals surface area contributed by atoms with E-state index in [1.807, 2.05) is 0 Å². The van der Waals surface area contributed by atoms with E-state index in [1.165, 1.54) is 6.07 Å². The fourth-order valence-corrected chi connectivity index (χ4v) is 3.89. The van der Waals surface area contributed by atoms with E-state index in [9.17, 15) is 16.8 Å². The Kier molecular flexibility index (Phi) is 6.17. The van der Waals surface area contributed by atoms with Crippen LogP contribution in [-0.4, -0.2) is 36.2 Å². The van der Waals surface area contributed by atoms with E-state index in [4.69, 9.17) is 5.73 Å². The Morgan fingerprint density at radius 1 is 1.14 bits per heavy atom. The Labute approximate surface area is 133 Å². The van der Waals surface area contributed by atoms with Gasteiger partial charge in [-0.15, -0.1) is 0 Å². The van der Waals surface area contributed by atoms with E-state index in [2.05, 4.69) is 25.4 Å². The highest BCUT2D eigenvalue weighted by atomic mass is 79.9. The highest BCUT2D eigenvalue weighted by Crippen LogP contribution is 2.26. The van der Waals surface area contributed by atoms with Crippen molar-refractivity contribution < 1.29 is 16.8 Å². The van der Waals surface area contributed by atoms with Crippen molar-refractivity contribution in [1.82, 2.24) is 9.44 Å². The molecule has 0 amide bonds. The Bertz CT molecular complexity index is 717. The fraction of sp³-hybridized carbons (Fsp3) is 0.455. The molecule has 0 aliphatic rings. The van der Waals surface area contributed by atoms with Gasteiger partial charge in [0.2, 0.25) is 20.0 Å². The average molecular weight is 400 g/mol.